The zero-order chi connectivity index (χ0) is 16.5. The molecule has 6 nitrogen and oxygen atoms in total. The molecule has 0 spiro atoms. The van der Waals surface area contributed by atoms with Crippen LogP contribution in [0.2, 0.25) is 0 Å². The lowest BCUT2D eigenvalue weighted by Crippen LogP contribution is -2.35. The third kappa shape index (κ3) is 2.64. The van der Waals surface area contributed by atoms with E-state index in [0.29, 0.717) is 17.0 Å². The Balaban J connectivity index is 1.82. The lowest BCUT2D eigenvalue weighted by atomic mass is 10.00. The van der Waals surface area contributed by atoms with Crippen LogP contribution in [0.4, 0.5) is 5.95 Å². The number of rotatable bonds is 2. The molecule has 1 fully saturated rings. The van der Waals surface area contributed by atoms with Crippen molar-refractivity contribution >= 4 is 17.0 Å². The molecule has 122 valence electrons. The summed E-state index contributed by atoms with van der Waals surface area (Å²) >= 11 is 0. The highest BCUT2D eigenvalue weighted by molar-refractivity contribution is 5.91. The van der Waals surface area contributed by atoms with E-state index in [9.17, 15) is 4.79 Å². The highest BCUT2D eigenvalue weighted by Gasteiger charge is 2.19. The summed E-state index contributed by atoms with van der Waals surface area (Å²) in [7, 11) is 0. The molecular formula is C18H19N5O. The summed E-state index contributed by atoms with van der Waals surface area (Å²) < 4.78 is 0. The second kappa shape index (κ2) is 6.03. The van der Waals surface area contributed by atoms with Gasteiger partial charge in [0.2, 0.25) is 5.95 Å². The standard InChI is InChI=1S/C18H19N5O/c1-12-5-9-23(10-6-12)18-21-16-15(17(24)22-18)14(4-8-20-16)13-3-2-7-19-11-13/h2-4,7-8,11-12H,5-6,9-10H2,1H3,(H,20,21,22,24). The average Bonchev–Trinajstić information content (AvgIpc) is 2.62. The topological polar surface area (TPSA) is 74.8 Å². The van der Waals surface area contributed by atoms with Crippen LogP contribution < -0.4 is 10.5 Å². The van der Waals surface area contributed by atoms with Crippen molar-refractivity contribution in [2.24, 2.45) is 5.92 Å². The third-order valence-electron chi connectivity index (χ3n) is 4.65. The smallest absolute Gasteiger partial charge is 0.262 e. The van der Waals surface area contributed by atoms with E-state index in [1.165, 1.54) is 0 Å². The van der Waals surface area contributed by atoms with Crippen LogP contribution in [0.3, 0.4) is 0 Å². The van der Waals surface area contributed by atoms with Gasteiger partial charge in [-0.25, -0.2) is 4.98 Å². The summed E-state index contributed by atoms with van der Waals surface area (Å²) in [6, 6.07) is 5.62. The van der Waals surface area contributed by atoms with Crippen LogP contribution in [0.1, 0.15) is 19.8 Å². The first-order valence-corrected chi connectivity index (χ1v) is 8.27. The van der Waals surface area contributed by atoms with Gasteiger partial charge in [-0.1, -0.05) is 13.0 Å². The molecule has 1 N–H and O–H groups in total. The third-order valence-corrected chi connectivity index (χ3v) is 4.65. The predicted octanol–water partition coefficient (Wildman–Crippen LogP) is 2.62. The second-order valence-corrected chi connectivity index (χ2v) is 6.36. The van der Waals surface area contributed by atoms with Crippen LogP contribution in [0.15, 0.2) is 41.6 Å². The van der Waals surface area contributed by atoms with E-state index in [1.54, 1.807) is 18.6 Å². The van der Waals surface area contributed by atoms with Crippen LogP contribution in [-0.4, -0.2) is 33.0 Å². The molecule has 1 aliphatic rings. The van der Waals surface area contributed by atoms with Gasteiger partial charge in [0.25, 0.3) is 5.56 Å². The number of hydrogen-bond acceptors (Lipinski definition) is 5. The predicted molar refractivity (Wildman–Crippen MR) is 94.0 cm³/mol. The van der Waals surface area contributed by atoms with Crippen molar-refractivity contribution in [3.05, 3.63) is 47.1 Å². The van der Waals surface area contributed by atoms with Crippen LogP contribution in [0, 0.1) is 5.92 Å². The molecule has 24 heavy (non-hydrogen) atoms. The van der Waals surface area contributed by atoms with E-state index >= 15 is 0 Å². The van der Waals surface area contributed by atoms with Gasteiger partial charge in [0.1, 0.15) is 0 Å². The van der Waals surface area contributed by atoms with Gasteiger partial charge in [0.15, 0.2) is 5.65 Å². The molecule has 6 heteroatoms. The number of nitrogens with zero attached hydrogens (tertiary/aromatic N) is 4. The maximum Gasteiger partial charge on any atom is 0.262 e. The van der Waals surface area contributed by atoms with Gasteiger partial charge >= 0.3 is 0 Å². The van der Waals surface area contributed by atoms with Gasteiger partial charge in [-0.2, -0.15) is 4.98 Å². The Morgan fingerprint density at radius 1 is 1.21 bits per heavy atom. The molecule has 4 heterocycles. The number of nitrogens with one attached hydrogen (secondary N) is 1. The summed E-state index contributed by atoms with van der Waals surface area (Å²) in [6.45, 7) is 4.09. The molecule has 1 saturated heterocycles. The summed E-state index contributed by atoms with van der Waals surface area (Å²) in [5.41, 5.74) is 2.02. The van der Waals surface area contributed by atoms with Crippen molar-refractivity contribution in [3.63, 3.8) is 0 Å². The zero-order valence-electron chi connectivity index (χ0n) is 13.6. The molecule has 0 saturated carbocycles. The van der Waals surface area contributed by atoms with Crippen molar-refractivity contribution in [1.29, 1.82) is 0 Å². The number of anilines is 1. The zero-order valence-corrected chi connectivity index (χ0v) is 13.6. The largest absolute Gasteiger partial charge is 0.342 e. The maximum atomic E-state index is 12.7. The van der Waals surface area contributed by atoms with Crippen LogP contribution >= 0.6 is 0 Å². The minimum absolute atomic E-state index is 0.152. The molecule has 0 aromatic carbocycles. The van der Waals surface area contributed by atoms with E-state index in [0.717, 1.165) is 43.0 Å². The lowest BCUT2D eigenvalue weighted by molar-refractivity contribution is 0.434. The molecule has 0 radical (unpaired) electrons. The first kappa shape index (κ1) is 14.8. The van der Waals surface area contributed by atoms with E-state index in [-0.39, 0.29) is 5.56 Å². The summed E-state index contributed by atoms with van der Waals surface area (Å²) in [5, 5.41) is 0.514. The molecule has 3 aromatic heterocycles. The fourth-order valence-corrected chi connectivity index (χ4v) is 3.18. The molecule has 0 aliphatic carbocycles. The van der Waals surface area contributed by atoms with Gasteiger partial charge < -0.3 is 4.90 Å². The molecule has 4 rings (SSSR count). The van der Waals surface area contributed by atoms with Crippen molar-refractivity contribution in [2.75, 3.05) is 18.0 Å². The fraction of sp³-hybridized carbons (Fsp3) is 0.333. The number of aromatic amines is 1. The Kier molecular flexibility index (Phi) is 3.72. The minimum atomic E-state index is -0.152. The molecular weight excluding hydrogens is 302 g/mol. The van der Waals surface area contributed by atoms with Gasteiger partial charge in [-0.3, -0.25) is 14.8 Å². The molecule has 1 aliphatic heterocycles. The van der Waals surface area contributed by atoms with Crippen molar-refractivity contribution in [1.82, 2.24) is 19.9 Å². The Bertz CT molecular complexity index is 914. The van der Waals surface area contributed by atoms with Gasteiger partial charge in [0, 0.05) is 42.8 Å². The first-order chi connectivity index (χ1) is 11.7. The van der Waals surface area contributed by atoms with E-state index < -0.39 is 0 Å². The molecule has 0 amide bonds. The van der Waals surface area contributed by atoms with Crippen LogP contribution in [0.5, 0.6) is 0 Å². The minimum Gasteiger partial charge on any atom is -0.342 e. The van der Waals surface area contributed by atoms with E-state index in [4.69, 9.17) is 0 Å². The fourth-order valence-electron chi connectivity index (χ4n) is 3.18. The van der Waals surface area contributed by atoms with E-state index in [2.05, 4.69) is 31.8 Å². The van der Waals surface area contributed by atoms with Gasteiger partial charge in [-0.15, -0.1) is 0 Å². The van der Waals surface area contributed by atoms with Crippen molar-refractivity contribution < 1.29 is 0 Å². The Morgan fingerprint density at radius 2 is 2.04 bits per heavy atom. The normalized spacial score (nSPS) is 15.8. The molecule has 0 unspecified atom stereocenters. The van der Waals surface area contributed by atoms with Gasteiger partial charge in [0.05, 0.1) is 5.39 Å². The number of hydrogen-bond donors (Lipinski definition) is 1. The van der Waals surface area contributed by atoms with E-state index in [1.807, 2.05) is 18.2 Å². The molecule has 0 bridgehead atoms. The SMILES string of the molecule is CC1CCN(c2nc3nccc(-c4cccnc4)c3c(=O)[nH]2)CC1. The highest BCUT2D eigenvalue weighted by atomic mass is 16.1. The molecule has 3 aromatic rings. The highest BCUT2D eigenvalue weighted by Crippen LogP contribution is 2.25. The van der Waals surface area contributed by atoms with Gasteiger partial charge in [-0.05, 0) is 30.9 Å². The Labute approximate surface area is 139 Å². The van der Waals surface area contributed by atoms with Crippen LogP contribution in [0.25, 0.3) is 22.2 Å². The maximum absolute atomic E-state index is 12.7. The number of aromatic nitrogens is 4. The summed E-state index contributed by atoms with van der Waals surface area (Å²) in [6.07, 6.45) is 7.38. The lowest BCUT2D eigenvalue weighted by Gasteiger charge is -2.30. The summed E-state index contributed by atoms with van der Waals surface area (Å²) in [5.74, 6) is 1.35. The summed E-state index contributed by atoms with van der Waals surface area (Å²) in [4.78, 5) is 30.9. The Morgan fingerprint density at radius 3 is 2.79 bits per heavy atom. The number of fused-ring (bicyclic) bond motifs is 1. The first-order valence-electron chi connectivity index (χ1n) is 8.27. The van der Waals surface area contributed by atoms with Crippen molar-refractivity contribution in [3.8, 4) is 11.1 Å². The number of H-pyrrole nitrogens is 1. The second-order valence-electron chi connectivity index (χ2n) is 6.36. The molecule has 0 atom stereocenters. The quantitative estimate of drug-likeness (QED) is 0.785. The average molecular weight is 321 g/mol. The number of piperidine rings is 1. The van der Waals surface area contributed by atoms with Crippen LogP contribution in [-0.2, 0) is 0 Å². The number of pyridine rings is 2. The van der Waals surface area contributed by atoms with Crippen molar-refractivity contribution in [2.45, 2.75) is 19.8 Å². The Hall–Kier alpha value is -2.76. The monoisotopic (exact) mass is 321 g/mol.